The van der Waals surface area contributed by atoms with Crippen LogP contribution in [-0.4, -0.2) is 46.9 Å². The number of thioether (sulfide) groups is 1. The second-order valence-electron chi connectivity index (χ2n) is 9.86. The van der Waals surface area contributed by atoms with Crippen molar-refractivity contribution < 1.29 is 33.4 Å². The predicted octanol–water partition coefficient (Wildman–Crippen LogP) is 4.21. The molecule has 3 aromatic carbocycles. The number of aromatic nitrogens is 1. The van der Waals surface area contributed by atoms with E-state index >= 15 is 0 Å². The number of benzene rings is 3. The first-order valence-electron chi connectivity index (χ1n) is 13.0. The first-order valence-corrected chi connectivity index (χ1v) is 14.7. The van der Waals surface area contributed by atoms with E-state index in [1.165, 1.54) is 67.3 Å². The zero-order valence-electron chi connectivity index (χ0n) is 22.8. The molecular formula is C30H24FN3O7S2. The average molecular weight is 622 g/mol. The molecule has 0 spiro atoms. The Bertz CT molecular complexity index is 1800. The van der Waals surface area contributed by atoms with Crippen LogP contribution in [0.15, 0.2) is 76.6 Å². The number of rotatable bonds is 7. The minimum Gasteiger partial charge on any atom is -0.508 e. The maximum Gasteiger partial charge on any atom is 0.308 e. The number of carbonyl (C=O) groups excluding carboxylic acids is 3. The van der Waals surface area contributed by atoms with Crippen LogP contribution in [0.4, 0.5) is 15.8 Å². The van der Waals surface area contributed by atoms with Crippen molar-refractivity contribution >= 4 is 52.2 Å². The van der Waals surface area contributed by atoms with E-state index in [1.807, 2.05) is 0 Å². The van der Waals surface area contributed by atoms with Crippen molar-refractivity contribution in [3.05, 3.63) is 92.7 Å². The number of nitrogens with zero attached hydrogens (tertiary/aromatic N) is 2. The summed E-state index contributed by atoms with van der Waals surface area (Å²) in [7, 11) is 2.98. The van der Waals surface area contributed by atoms with E-state index in [4.69, 9.17) is 9.47 Å². The lowest BCUT2D eigenvalue weighted by Gasteiger charge is -2.31. The molecule has 3 heterocycles. The third kappa shape index (κ3) is 5.04. The number of methoxy groups -OCH3 is 2. The summed E-state index contributed by atoms with van der Waals surface area (Å²) in [5.74, 6) is -2.66. The van der Waals surface area contributed by atoms with Gasteiger partial charge in [-0.25, -0.2) is 9.29 Å². The average Bonchev–Trinajstić information content (AvgIpc) is 3.44. The summed E-state index contributed by atoms with van der Waals surface area (Å²) in [5, 5.41) is 11.7. The minimum atomic E-state index is -0.913. The number of aromatic hydroxyl groups is 1. The zero-order valence-corrected chi connectivity index (χ0v) is 24.4. The van der Waals surface area contributed by atoms with Gasteiger partial charge in [0.05, 0.1) is 30.9 Å². The van der Waals surface area contributed by atoms with Gasteiger partial charge in [-0.05, 0) is 66.2 Å². The van der Waals surface area contributed by atoms with Crippen LogP contribution >= 0.6 is 23.1 Å². The number of amides is 3. The molecule has 3 atom stereocenters. The third-order valence-corrected chi connectivity index (χ3v) is 9.96. The van der Waals surface area contributed by atoms with Crippen LogP contribution < -0.4 is 24.6 Å². The highest BCUT2D eigenvalue weighted by Gasteiger charge is 2.57. The fraction of sp³-hybridized carbons (Fsp3) is 0.200. The van der Waals surface area contributed by atoms with E-state index in [9.17, 15) is 28.7 Å². The summed E-state index contributed by atoms with van der Waals surface area (Å²) < 4.78 is 25.9. The van der Waals surface area contributed by atoms with Gasteiger partial charge in [0.15, 0.2) is 11.5 Å². The molecular weight excluding hydrogens is 597 g/mol. The van der Waals surface area contributed by atoms with Gasteiger partial charge in [-0.15, -0.1) is 0 Å². The van der Waals surface area contributed by atoms with Crippen LogP contribution in [0.5, 0.6) is 17.2 Å². The number of hydrogen-bond acceptors (Lipinski definition) is 9. The summed E-state index contributed by atoms with van der Waals surface area (Å²) in [6.07, 6.45) is 0. The SMILES string of the molecule is COc1ccc(C2c3sc(=O)n(CC(=O)Nc4ccc(O)cc4)c3SC3C(=O)N(c4ccc(F)cc4)C(=O)C32)cc1OC. The highest BCUT2D eigenvalue weighted by atomic mass is 32.2. The number of phenolic OH excluding ortho intramolecular Hbond substituents is 1. The molecule has 1 aromatic heterocycles. The second kappa shape index (κ2) is 11.2. The largest absolute Gasteiger partial charge is 0.508 e. The van der Waals surface area contributed by atoms with Gasteiger partial charge in [0.2, 0.25) is 17.7 Å². The van der Waals surface area contributed by atoms with Crippen LogP contribution in [0.2, 0.25) is 0 Å². The Hall–Kier alpha value is -4.62. The lowest BCUT2D eigenvalue weighted by Crippen LogP contribution is -2.33. The number of imide groups is 1. The lowest BCUT2D eigenvalue weighted by atomic mass is 9.83. The van der Waals surface area contributed by atoms with E-state index in [0.29, 0.717) is 32.7 Å². The number of thiazole rings is 1. The Morgan fingerprint density at radius 3 is 2.33 bits per heavy atom. The highest BCUT2D eigenvalue weighted by molar-refractivity contribution is 8.00. The molecule has 0 radical (unpaired) electrons. The third-order valence-electron chi connectivity index (χ3n) is 7.35. The summed E-state index contributed by atoms with van der Waals surface area (Å²) >= 11 is 1.99. The normalized spacial score (nSPS) is 19.1. The van der Waals surface area contributed by atoms with Gasteiger partial charge in [0, 0.05) is 16.5 Å². The molecule has 1 fully saturated rings. The van der Waals surface area contributed by atoms with E-state index < -0.39 is 45.5 Å². The summed E-state index contributed by atoms with van der Waals surface area (Å²) in [6, 6.07) is 16.2. The summed E-state index contributed by atoms with van der Waals surface area (Å²) in [5.41, 5.74) is 1.30. The number of fused-ring (bicyclic) bond motifs is 2. The van der Waals surface area contributed by atoms with Crippen molar-refractivity contribution in [1.29, 1.82) is 0 Å². The van der Waals surface area contributed by atoms with Crippen LogP contribution in [0.25, 0.3) is 0 Å². The highest BCUT2D eigenvalue weighted by Crippen LogP contribution is 2.54. The Morgan fingerprint density at radius 1 is 0.953 bits per heavy atom. The van der Waals surface area contributed by atoms with Crippen LogP contribution in [0.1, 0.15) is 16.4 Å². The number of anilines is 2. The smallest absolute Gasteiger partial charge is 0.308 e. The van der Waals surface area contributed by atoms with Gasteiger partial charge in [-0.2, -0.15) is 0 Å². The first kappa shape index (κ1) is 28.5. The fourth-order valence-electron chi connectivity index (χ4n) is 5.39. The molecule has 10 nitrogen and oxygen atoms in total. The fourth-order valence-corrected chi connectivity index (χ4v) is 8.17. The Balaban J connectivity index is 1.43. The van der Waals surface area contributed by atoms with Crippen molar-refractivity contribution in [1.82, 2.24) is 4.57 Å². The van der Waals surface area contributed by atoms with Crippen LogP contribution in [0.3, 0.4) is 0 Å². The topological polar surface area (TPSA) is 127 Å². The monoisotopic (exact) mass is 621 g/mol. The van der Waals surface area contributed by atoms with Crippen LogP contribution in [0, 0.1) is 11.7 Å². The van der Waals surface area contributed by atoms with Crippen molar-refractivity contribution in [2.75, 3.05) is 24.4 Å². The quantitative estimate of drug-likeness (QED) is 0.232. The van der Waals surface area contributed by atoms with E-state index in [2.05, 4.69) is 5.32 Å². The molecule has 220 valence electrons. The van der Waals surface area contributed by atoms with Gasteiger partial charge >= 0.3 is 4.87 Å². The second-order valence-corrected chi connectivity index (χ2v) is 12.0. The van der Waals surface area contributed by atoms with E-state index in [1.54, 1.807) is 18.2 Å². The molecule has 0 saturated carbocycles. The molecule has 13 heteroatoms. The van der Waals surface area contributed by atoms with Crippen molar-refractivity contribution in [2.45, 2.75) is 22.7 Å². The molecule has 2 N–H and O–H groups in total. The lowest BCUT2D eigenvalue weighted by molar-refractivity contribution is -0.122. The number of halogens is 1. The number of phenols is 1. The van der Waals surface area contributed by atoms with Gasteiger partial charge < -0.3 is 19.9 Å². The molecule has 0 aliphatic carbocycles. The maximum absolute atomic E-state index is 14.0. The molecule has 2 aliphatic heterocycles. The maximum atomic E-state index is 14.0. The number of hydrogen-bond donors (Lipinski definition) is 2. The number of ether oxygens (including phenoxy) is 2. The number of nitrogens with one attached hydrogen (secondary N) is 1. The molecule has 3 amide bonds. The molecule has 1 saturated heterocycles. The summed E-state index contributed by atoms with van der Waals surface area (Å²) in [6.45, 7) is -0.335. The Kier molecular flexibility index (Phi) is 7.44. The Labute approximate surface area is 252 Å². The zero-order chi connectivity index (χ0) is 30.4. The summed E-state index contributed by atoms with van der Waals surface area (Å²) in [4.78, 5) is 55.3. The van der Waals surface area contributed by atoms with Crippen molar-refractivity contribution in [3.8, 4) is 17.2 Å². The standard InChI is InChI=1S/C30H24FN3O7S2/c1-40-20-12-3-15(13-21(20)41-2)23-24-25(28(38)34(27(24)37)18-8-4-16(31)5-9-18)42-29-26(23)43-30(39)33(29)14-22(36)32-17-6-10-19(35)11-7-17/h3-13,23-25,35H,14H2,1-2H3,(H,32,36). The predicted molar refractivity (Wildman–Crippen MR) is 159 cm³/mol. The molecule has 2 aliphatic rings. The van der Waals surface area contributed by atoms with Gasteiger partial charge in [-0.1, -0.05) is 29.2 Å². The first-order chi connectivity index (χ1) is 20.7. The molecule has 43 heavy (non-hydrogen) atoms. The minimum absolute atomic E-state index is 0.0405. The van der Waals surface area contributed by atoms with Gasteiger partial charge in [-0.3, -0.25) is 23.7 Å². The molecule has 0 bridgehead atoms. The van der Waals surface area contributed by atoms with Crippen molar-refractivity contribution in [3.63, 3.8) is 0 Å². The van der Waals surface area contributed by atoms with Gasteiger partial charge in [0.1, 0.15) is 23.4 Å². The molecule has 3 unspecified atom stereocenters. The Morgan fingerprint density at radius 2 is 1.65 bits per heavy atom. The van der Waals surface area contributed by atoms with Crippen molar-refractivity contribution in [2.24, 2.45) is 5.92 Å². The molecule has 6 rings (SSSR count). The van der Waals surface area contributed by atoms with Gasteiger partial charge in [0.25, 0.3) is 0 Å². The van der Waals surface area contributed by atoms with Crippen LogP contribution in [-0.2, 0) is 20.9 Å². The van der Waals surface area contributed by atoms with E-state index in [-0.39, 0.29) is 18.0 Å². The number of carbonyl (C=O) groups is 3. The molecule has 4 aromatic rings. The van der Waals surface area contributed by atoms with E-state index in [0.717, 1.165) is 28.0 Å².